The molecule has 0 unspecified atom stereocenters. The van der Waals surface area contributed by atoms with Crippen LogP contribution in [0.1, 0.15) is 33.1 Å². The Balaban J connectivity index is 2.30. The molecule has 5 heteroatoms. The molecule has 23 heavy (non-hydrogen) atoms. The predicted octanol–water partition coefficient (Wildman–Crippen LogP) is 4.80. The van der Waals surface area contributed by atoms with E-state index in [4.69, 9.17) is 9.47 Å². The largest absolute Gasteiger partial charge is 0.496 e. The summed E-state index contributed by atoms with van der Waals surface area (Å²) in [6, 6.07) is 10.1. The van der Waals surface area contributed by atoms with Crippen molar-refractivity contribution in [1.82, 2.24) is 0 Å². The van der Waals surface area contributed by atoms with Crippen LogP contribution in [-0.2, 0) is 9.47 Å². The van der Waals surface area contributed by atoms with Gasteiger partial charge in [0.05, 0.1) is 18.1 Å². The molecule has 0 amide bonds. The van der Waals surface area contributed by atoms with Gasteiger partial charge in [0.25, 0.3) is 0 Å². The van der Waals surface area contributed by atoms with Crippen LogP contribution >= 0.6 is 11.8 Å². The Labute approximate surface area is 141 Å². The number of hydrogen-bond acceptors (Lipinski definition) is 3. The van der Waals surface area contributed by atoms with E-state index in [9.17, 15) is 5.53 Å². The monoisotopic (exact) mass is 330 g/mol. The van der Waals surface area contributed by atoms with E-state index >= 15 is 0 Å². The molecule has 1 aliphatic carbocycles. The van der Waals surface area contributed by atoms with E-state index in [0.717, 1.165) is 28.4 Å². The first kappa shape index (κ1) is 17.4. The minimum Gasteiger partial charge on any atom is -0.496 e. The highest BCUT2D eigenvalue weighted by Crippen LogP contribution is 2.35. The summed E-state index contributed by atoms with van der Waals surface area (Å²) >= 11 is 1.63. The third-order valence-electron chi connectivity index (χ3n) is 3.18. The Kier molecular flexibility index (Phi) is 6.98. The van der Waals surface area contributed by atoms with Crippen LogP contribution in [0.3, 0.4) is 0 Å². The summed E-state index contributed by atoms with van der Waals surface area (Å²) in [6.07, 6.45) is 4.19. The highest BCUT2D eigenvalue weighted by Gasteiger charge is 2.28. The molecule has 0 aromatic heterocycles. The summed E-state index contributed by atoms with van der Waals surface area (Å²) in [4.78, 5) is 5.52. The van der Waals surface area contributed by atoms with Crippen LogP contribution in [-0.4, -0.2) is 23.7 Å². The molecule has 1 aromatic carbocycles. The lowest BCUT2D eigenvalue weighted by Crippen LogP contribution is -2.16. The minimum atomic E-state index is 0.446. The Bertz CT molecular complexity index is 632. The first-order chi connectivity index (χ1) is 11.3. The maximum absolute atomic E-state index is 9.26. The Morgan fingerprint density at radius 1 is 1.09 bits per heavy atom. The molecular weight excluding hydrogens is 308 g/mol. The van der Waals surface area contributed by atoms with Gasteiger partial charge < -0.3 is 15.0 Å². The summed E-state index contributed by atoms with van der Waals surface area (Å²) in [7, 11) is 0. The van der Waals surface area contributed by atoms with Crippen molar-refractivity contribution in [2.75, 3.05) is 13.2 Å². The zero-order valence-corrected chi connectivity index (χ0v) is 14.4. The van der Waals surface area contributed by atoms with Gasteiger partial charge in [0.2, 0.25) is 5.76 Å². The number of rotatable bonds is 8. The Morgan fingerprint density at radius 3 is 2.43 bits per heavy atom. The van der Waals surface area contributed by atoms with Gasteiger partial charge in [0.15, 0.2) is 0 Å². The molecule has 0 heterocycles. The molecule has 0 saturated heterocycles. The van der Waals surface area contributed by atoms with Crippen molar-refractivity contribution in [3.05, 3.63) is 58.4 Å². The van der Waals surface area contributed by atoms with E-state index in [1.165, 1.54) is 0 Å². The maximum Gasteiger partial charge on any atom is 0.340 e. The minimum absolute atomic E-state index is 0.446. The van der Waals surface area contributed by atoms with Crippen LogP contribution in [0.25, 0.3) is 5.53 Å². The summed E-state index contributed by atoms with van der Waals surface area (Å²) in [5.74, 6) is 1.45. The van der Waals surface area contributed by atoms with E-state index in [2.05, 4.69) is 23.8 Å². The molecule has 0 aliphatic heterocycles. The molecule has 4 nitrogen and oxygen atoms in total. The van der Waals surface area contributed by atoms with Gasteiger partial charge in [0, 0.05) is 11.0 Å². The average molecular weight is 330 g/mol. The molecule has 2 rings (SSSR count). The number of nitrogens with zero attached hydrogens (tertiary/aromatic N) is 2. The van der Waals surface area contributed by atoms with Gasteiger partial charge in [-0.05, 0) is 25.0 Å². The summed E-state index contributed by atoms with van der Waals surface area (Å²) in [5, 5.41) is 0. The smallest absolute Gasteiger partial charge is 0.340 e. The molecule has 0 bridgehead atoms. The molecule has 0 atom stereocenters. The topological polar surface area (TPSA) is 54.9 Å². The number of ether oxygens (including phenoxy) is 2. The zero-order valence-electron chi connectivity index (χ0n) is 13.6. The predicted molar refractivity (Wildman–Crippen MR) is 93.1 cm³/mol. The van der Waals surface area contributed by atoms with Gasteiger partial charge in [-0.2, -0.15) is 4.79 Å². The molecular formula is C18H22N2O2S. The van der Waals surface area contributed by atoms with E-state index in [0.29, 0.717) is 31.1 Å². The third-order valence-corrected chi connectivity index (χ3v) is 4.26. The lowest BCUT2D eigenvalue weighted by atomic mass is 10.1. The summed E-state index contributed by atoms with van der Waals surface area (Å²) in [6.45, 7) is 5.36. The molecule has 0 spiro atoms. The van der Waals surface area contributed by atoms with E-state index in [1.54, 1.807) is 11.8 Å². The van der Waals surface area contributed by atoms with Crippen molar-refractivity contribution >= 4 is 17.5 Å². The number of thioether (sulfide) groups is 1. The fourth-order valence-corrected chi connectivity index (χ4v) is 3.04. The van der Waals surface area contributed by atoms with E-state index < -0.39 is 0 Å². The Morgan fingerprint density at radius 2 is 1.78 bits per heavy atom. The second-order valence-electron chi connectivity index (χ2n) is 5.13. The molecule has 122 valence electrons. The van der Waals surface area contributed by atoms with Crippen LogP contribution in [0.2, 0.25) is 0 Å². The van der Waals surface area contributed by atoms with Gasteiger partial charge in [-0.1, -0.05) is 43.8 Å². The SMILES string of the molecule is CCCOC1=CC(Sc2ccccc2)=C(OCCC)CC1=[N+]=[N-]. The fourth-order valence-electron chi connectivity index (χ4n) is 2.08. The van der Waals surface area contributed by atoms with Gasteiger partial charge in [-0.25, -0.2) is 0 Å². The number of benzene rings is 1. The van der Waals surface area contributed by atoms with Crippen molar-refractivity contribution in [2.45, 2.75) is 38.0 Å². The van der Waals surface area contributed by atoms with Crippen LogP contribution in [0.15, 0.2) is 57.7 Å². The van der Waals surface area contributed by atoms with Gasteiger partial charge in [0.1, 0.15) is 12.2 Å². The molecule has 0 saturated carbocycles. The zero-order chi connectivity index (χ0) is 16.5. The summed E-state index contributed by atoms with van der Waals surface area (Å²) in [5.41, 5.74) is 9.78. The molecule has 0 fully saturated rings. The van der Waals surface area contributed by atoms with Gasteiger partial charge in [-0.3, -0.25) is 0 Å². The lowest BCUT2D eigenvalue weighted by molar-refractivity contribution is -0.0137. The highest BCUT2D eigenvalue weighted by atomic mass is 32.2. The van der Waals surface area contributed by atoms with Gasteiger partial charge >= 0.3 is 5.71 Å². The van der Waals surface area contributed by atoms with Gasteiger partial charge in [-0.15, -0.1) is 0 Å². The van der Waals surface area contributed by atoms with Crippen LogP contribution < -0.4 is 0 Å². The first-order valence-corrected chi connectivity index (χ1v) is 8.74. The lowest BCUT2D eigenvalue weighted by Gasteiger charge is -2.18. The second-order valence-corrected chi connectivity index (χ2v) is 6.25. The summed E-state index contributed by atoms with van der Waals surface area (Å²) < 4.78 is 11.6. The standard InChI is InChI=1S/C18H22N2O2S/c1-3-10-21-16-13-18(23-14-8-6-5-7-9-14)17(22-11-4-2)12-15(16)20-19/h5-9,13H,3-4,10-12H2,1-2H3. The van der Waals surface area contributed by atoms with Crippen molar-refractivity contribution in [2.24, 2.45) is 0 Å². The highest BCUT2D eigenvalue weighted by molar-refractivity contribution is 8.03. The van der Waals surface area contributed by atoms with Crippen LogP contribution in [0.4, 0.5) is 0 Å². The average Bonchev–Trinajstić information content (AvgIpc) is 2.59. The van der Waals surface area contributed by atoms with Crippen molar-refractivity contribution in [1.29, 1.82) is 0 Å². The van der Waals surface area contributed by atoms with Crippen molar-refractivity contribution in [3.63, 3.8) is 0 Å². The second kappa shape index (κ2) is 9.23. The molecule has 0 radical (unpaired) electrons. The van der Waals surface area contributed by atoms with E-state index in [1.807, 2.05) is 31.2 Å². The third kappa shape index (κ3) is 5.02. The van der Waals surface area contributed by atoms with E-state index in [-0.39, 0.29) is 0 Å². The first-order valence-electron chi connectivity index (χ1n) is 7.93. The molecule has 1 aliphatic rings. The molecule has 1 aromatic rings. The molecule has 0 N–H and O–H groups in total. The fraction of sp³-hybridized carbons (Fsp3) is 0.389. The van der Waals surface area contributed by atoms with Crippen LogP contribution in [0.5, 0.6) is 0 Å². The normalized spacial score (nSPS) is 14.3. The maximum atomic E-state index is 9.26. The quantitative estimate of drug-likeness (QED) is 0.508. The number of allylic oxidation sites excluding steroid dienone is 3. The van der Waals surface area contributed by atoms with Crippen molar-refractivity contribution in [3.8, 4) is 0 Å². The van der Waals surface area contributed by atoms with Crippen LogP contribution in [0, 0.1) is 0 Å². The number of hydrogen-bond donors (Lipinski definition) is 0. The van der Waals surface area contributed by atoms with Crippen molar-refractivity contribution < 1.29 is 14.3 Å². The Hall–Kier alpha value is -1.97.